The number of carbonyl (C=O) groups excluding carboxylic acids is 2. The standard InChI is InChI=1S/C17H13F3N2O5/c1-10(27-15-7-6-12(22(25)26)8-11(15)9-23)16(24)21-14-5-3-2-4-13(14)17(18,19)20/h2-10H,1H3,(H,21,24)/t10-/m1/s1. The normalized spacial score (nSPS) is 12.1. The van der Waals surface area contributed by atoms with Crippen LogP contribution in [0.25, 0.3) is 0 Å². The van der Waals surface area contributed by atoms with Crippen molar-refractivity contribution in [3.05, 3.63) is 63.7 Å². The number of amides is 1. The highest BCUT2D eigenvalue weighted by Gasteiger charge is 2.34. The van der Waals surface area contributed by atoms with E-state index in [1.165, 1.54) is 19.1 Å². The molecule has 0 saturated carbocycles. The summed E-state index contributed by atoms with van der Waals surface area (Å²) in [5.41, 5.74) is -1.97. The highest BCUT2D eigenvalue weighted by molar-refractivity contribution is 5.95. The fourth-order valence-corrected chi connectivity index (χ4v) is 2.17. The van der Waals surface area contributed by atoms with E-state index in [0.29, 0.717) is 6.29 Å². The van der Waals surface area contributed by atoms with Crippen molar-refractivity contribution in [2.24, 2.45) is 0 Å². The zero-order chi connectivity index (χ0) is 20.2. The molecular weight excluding hydrogens is 369 g/mol. The Morgan fingerprint density at radius 1 is 1.26 bits per heavy atom. The molecule has 2 aromatic carbocycles. The third kappa shape index (κ3) is 4.81. The number of hydrogen-bond donors (Lipinski definition) is 1. The number of non-ortho nitro benzene ring substituents is 1. The first kappa shape index (κ1) is 19.9. The number of alkyl halides is 3. The topological polar surface area (TPSA) is 98.5 Å². The molecule has 0 unspecified atom stereocenters. The molecule has 1 amide bonds. The van der Waals surface area contributed by atoms with E-state index in [2.05, 4.69) is 5.32 Å². The molecule has 0 aromatic heterocycles. The summed E-state index contributed by atoms with van der Waals surface area (Å²) in [7, 11) is 0. The van der Waals surface area contributed by atoms with Gasteiger partial charge in [0.05, 0.1) is 21.7 Å². The van der Waals surface area contributed by atoms with E-state index in [9.17, 15) is 32.9 Å². The molecule has 1 N–H and O–H groups in total. The van der Waals surface area contributed by atoms with Gasteiger partial charge in [-0.15, -0.1) is 0 Å². The number of nitrogens with zero attached hydrogens (tertiary/aromatic N) is 1. The number of para-hydroxylation sites is 1. The Morgan fingerprint density at radius 2 is 1.93 bits per heavy atom. The van der Waals surface area contributed by atoms with Gasteiger partial charge < -0.3 is 10.1 Å². The van der Waals surface area contributed by atoms with Crippen LogP contribution in [0.2, 0.25) is 0 Å². The van der Waals surface area contributed by atoms with Gasteiger partial charge >= 0.3 is 6.18 Å². The van der Waals surface area contributed by atoms with Crippen LogP contribution in [0.1, 0.15) is 22.8 Å². The average molecular weight is 382 g/mol. The minimum atomic E-state index is -4.66. The summed E-state index contributed by atoms with van der Waals surface area (Å²) in [4.78, 5) is 33.3. The van der Waals surface area contributed by atoms with E-state index in [-0.39, 0.29) is 17.0 Å². The fourth-order valence-electron chi connectivity index (χ4n) is 2.17. The predicted molar refractivity (Wildman–Crippen MR) is 88.6 cm³/mol. The lowest BCUT2D eigenvalue weighted by atomic mass is 10.1. The van der Waals surface area contributed by atoms with Crippen molar-refractivity contribution < 1.29 is 32.4 Å². The van der Waals surface area contributed by atoms with Gasteiger partial charge in [-0.05, 0) is 25.1 Å². The smallest absolute Gasteiger partial charge is 0.418 e. The van der Waals surface area contributed by atoms with Crippen molar-refractivity contribution in [3.63, 3.8) is 0 Å². The van der Waals surface area contributed by atoms with Gasteiger partial charge in [-0.2, -0.15) is 13.2 Å². The quantitative estimate of drug-likeness (QED) is 0.465. The highest BCUT2D eigenvalue weighted by atomic mass is 19.4. The number of nitro groups is 1. The third-order valence-electron chi connectivity index (χ3n) is 3.49. The number of rotatable bonds is 6. The van der Waals surface area contributed by atoms with E-state index in [1.807, 2.05) is 0 Å². The van der Waals surface area contributed by atoms with E-state index >= 15 is 0 Å². The summed E-state index contributed by atoms with van der Waals surface area (Å²) < 4.78 is 44.2. The number of hydrogen-bond acceptors (Lipinski definition) is 5. The summed E-state index contributed by atoms with van der Waals surface area (Å²) in [5, 5.41) is 12.8. The van der Waals surface area contributed by atoms with Crippen LogP contribution in [0.15, 0.2) is 42.5 Å². The van der Waals surface area contributed by atoms with Gasteiger partial charge in [-0.1, -0.05) is 12.1 Å². The predicted octanol–water partition coefficient (Wildman–Crippen LogP) is 3.83. The van der Waals surface area contributed by atoms with Gasteiger partial charge in [0, 0.05) is 12.1 Å². The SMILES string of the molecule is C[C@@H](Oc1ccc([N+](=O)[O-])cc1C=O)C(=O)Nc1ccccc1C(F)(F)F. The molecule has 0 bridgehead atoms. The molecule has 0 aliphatic rings. The van der Waals surface area contributed by atoms with Gasteiger partial charge in [0.15, 0.2) is 12.4 Å². The molecule has 0 spiro atoms. The van der Waals surface area contributed by atoms with Crippen molar-refractivity contribution in [2.45, 2.75) is 19.2 Å². The summed E-state index contributed by atoms with van der Waals surface area (Å²) in [6.45, 7) is 1.27. The van der Waals surface area contributed by atoms with E-state index < -0.39 is 34.4 Å². The first-order valence-corrected chi connectivity index (χ1v) is 7.51. The van der Waals surface area contributed by atoms with Crippen molar-refractivity contribution in [2.75, 3.05) is 5.32 Å². The second-order valence-corrected chi connectivity index (χ2v) is 5.39. The monoisotopic (exact) mass is 382 g/mol. The lowest BCUT2D eigenvalue weighted by Crippen LogP contribution is -2.31. The highest BCUT2D eigenvalue weighted by Crippen LogP contribution is 2.34. The van der Waals surface area contributed by atoms with Crippen LogP contribution in [-0.2, 0) is 11.0 Å². The number of carbonyl (C=O) groups is 2. The maximum absolute atomic E-state index is 13.0. The Hall–Kier alpha value is -3.43. The molecule has 27 heavy (non-hydrogen) atoms. The number of anilines is 1. The zero-order valence-electron chi connectivity index (χ0n) is 13.8. The summed E-state index contributed by atoms with van der Waals surface area (Å²) in [5.74, 6) is -0.996. The molecule has 7 nitrogen and oxygen atoms in total. The average Bonchev–Trinajstić information content (AvgIpc) is 2.61. The van der Waals surface area contributed by atoms with E-state index in [1.54, 1.807) is 0 Å². The first-order chi connectivity index (χ1) is 12.6. The van der Waals surface area contributed by atoms with Gasteiger partial charge in [-0.3, -0.25) is 19.7 Å². The molecule has 0 radical (unpaired) electrons. The molecular formula is C17H13F3N2O5. The van der Waals surface area contributed by atoms with E-state index in [4.69, 9.17) is 4.74 Å². The van der Waals surface area contributed by atoms with Crippen LogP contribution in [-0.4, -0.2) is 23.2 Å². The molecule has 2 rings (SSSR count). The van der Waals surface area contributed by atoms with Crippen molar-refractivity contribution >= 4 is 23.6 Å². The number of nitrogens with one attached hydrogen (secondary N) is 1. The van der Waals surface area contributed by atoms with Gasteiger partial charge in [-0.25, -0.2) is 0 Å². The molecule has 2 aromatic rings. The molecule has 0 aliphatic carbocycles. The summed E-state index contributed by atoms with van der Waals surface area (Å²) >= 11 is 0. The maximum atomic E-state index is 13.0. The molecule has 0 fully saturated rings. The van der Waals surface area contributed by atoms with Gasteiger partial charge in [0.25, 0.3) is 11.6 Å². The van der Waals surface area contributed by atoms with Crippen LogP contribution < -0.4 is 10.1 Å². The Labute approximate surface area is 150 Å². The van der Waals surface area contributed by atoms with Gasteiger partial charge in [0.1, 0.15) is 5.75 Å². The molecule has 0 aliphatic heterocycles. The lowest BCUT2D eigenvalue weighted by molar-refractivity contribution is -0.384. The Bertz CT molecular complexity index is 883. The number of ether oxygens (including phenoxy) is 1. The molecule has 0 saturated heterocycles. The summed E-state index contributed by atoms with van der Waals surface area (Å²) in [6.07, 6.45) is -5.62. The Morgan fingerprint density at radius 3 is 2.52 bits per heavy atom. The van der Waals surface area contributed by atoms with Crippen molar-refractivity contribution in [1.29, 1.82) is 0 Å². The van der Waals surface area contributed by atoms with Crippen molar-refractivity contribution in [3.8, 4) is 5.75 Å². The van der Waals surface area contributed by atoms with Crippen LogP contribution in [0.5, 0.6) is 5.75 Å². The van der Waals surface area contributed by atoms with Crippen LogP contribution >= 0.6 is 0 Å². The van der Waals surface area contributed by atoms with E-state index in [0.717, 1.165) is 30.3 Å². The molecule has 142 valence electrons. The minimum Gasteiger partial charge on any atom is -0.480 e. The summed E-state index contributed by atoms with van der Waals surface area (Å²) in [6, 6.07) is 7.61. The molecule has 10 heteroatoms. The number of nitro benzene ring substituents is 1. The number of aldehydes is 1. The fraction of sp³-hybridized carbons (Fsp3) is 0.176. The Balaban J connectivity index is 2.18. The third-order valence-corrected chi connectivity index (χ3v) is 3.49. The largest absolute Gasteiger partial charge is 0.480 e. The lowest BCUT2D eigenvalue weighted by Gasteiger charge is -2.18. The second kappa shape index (κ2) is 7.85. The molecule has 1 atom stereocenters. The maximum Gasteiger partial charge on any atom is 0.418 e. The van der Waals surface area contributed by atoms with Crippen LogP contribution in [0, 0.1) is 10.1 Å². The minimum absolute atomic E-state index is 0.109. The van der Waals surface area contributed by atoms with Crippen LogP contribution in [0.3, 0.4) is 0 Å². The second-order valence-electron chi connectivity index (χ2n) is 5.39. The zero-order valence-corrected chi connectivity index (χ0v) is 13.8. The van der Waals surface area contributed by atoms with Gasteiger partial charge in [0.2, 0.25) is 0 Å². The first-order valence-electron chi connectivity index (χ1n) is 7.51. The number of benzene rings is 2. The number of halogens is 3. The molecule has 0 heterocycles. The van der Waals surface area contributed by atoms with Crippen molar-refractivity contribution in [1.82, 2.24) is 0 Å². The Kier molecular flexibility index (Phi) is 5.78. The van der Waals surface area contributed by atoms with Crippen LogP contribution in [0.4, 0.5) is 24.5 Å².